The van der Waals surface area contributed by atoms with Crippen LogP contribution in [0.2, 0.25) is 0 Å². The molecule has 0 saturated carbocycles. The summed E-state index contributed by atoms with van der Waals surface area (Å²) in [5.41, 5.74) is 1.02. The number of likely N-dealkylation sites (N-methyl/N-ethyl adjacent to an activating group) is 1. The van der Waals surface area contributed by atoms with Gasteiger partial charge in [0.15, 0.2) is 6.04 Å². The van der Waals surface area contributed by atoms with Gasteiger partial charge in [-0.1, -0.05) is 17.2 Å². The Labute approximate surface area is 138 Å². The first kappa shape index (κ1) is 15.9. The lowest BCUT2D eigenvalue weighted by atomic mass is 10.1. The summed E-state index contributed by atoms with van der Waals surface area (Å²) in [6.07, 6.45) is 3.09. The normalized spacial score (nSPS) is 14.9. The molecule has 1 unspecified atom stereocenters. The van der Waals surface area contributed by atoms with Gasteiger partial charge in [-0.05, 0) is 26.2 Å². The van der Waals surface area contributed by atoms with Crippen LogP contribution in [0.25, 0.3) is 0 Å². The van der Waals surface area contributed by atoms with E-state index in [4.69, 9.17) is 4.84 Å². The average molecular weight is 328 g/mol. The Morgan fingerprint density at radius 2 is 1.75 bits per heavy atom. The van der Waals surface area contributed by atoms with E-state index in [1.807, 2.05) is 0 Å². The standard InChI is InChI=1S/C16H16N4O4/c1-18(2)13(12-8-17-9-19(12)3)16(23)24-20-14(21)10-6-4-5-7-11(10)15(20)22/h4-9,13H,1-3H3. The smallest absolute Gasteiger partial charge is 0.336 e. The second-order valence-electron chi connectivity index (χ2n) is 5.66. The summed E-state index contributed by atoms with van der Waals surface area (Å²) in [5.74, 6) is -2.03. The summed E-state index contributed by atoms with van der Waals surface area (Å²) in [4.78, 5) is 47.9. The van der Waals surface area contributed by atoms with Crippen molar-refractivity contribution < 1.29 is 19.2 Å². The van der Waals surface area contributed by atoms with E-state index in [9.17, 15) is 14.4 Å². The maximum absolute atomic E-state index is 12.6. The Morgan fingerprint density at radius 1 is 1.17 bits per heavy atom. The van der Waals surface area contributed by atoms with E-state index in [0.717, 1.165) is 0 Å². The molecule has 124 valence electrons. The molecule has 0 saturated heterocycles. The molecule has 1 aliphatic rings. The van der Waals surface area contributed by atoms with Gasteiger partial charge in [-0.25, -0.2) is 9.78 Å². The van der Waals surface area contributed by atoms with E-state index in [-0.39, 0.29) is 11.1 Å². The summed E-state index contributed by atoms with van der Waals surface area (Å²) < 4.78 is 1.67. The topological polar surface area (TPSA) is 84.7 Å². The van der Waals surface area contributed by atoms with Crippen molar-refractivity contribution in [1.29, 1.82) is 0 Å². The molecule has 1 atom stereocenters. The summed E-state index contributed by atoms with van der Waals surface area (Å²) in [6.45, 7) is 0. The van der Waals surface area contributed by atoms with Crippen LogP contribution in [0.3, 0.4) is 0 Å². The molecule has 8 heteroatoms. The fourth-order valence-corrected chi connectivity index (χ4v) is 2.62. The maximum atomic E-state index is 12.6. The number of nitrogens with zero attached hydrogens (tertiary/aromatic N) is 4. The van der Waals surface area contributed by atoms with Gasteiger partial charge in [-0.2, -0.15) is 0 Å². The van der Waals surface area contributed by atoms with Crippen LogP contribution in [0.15, 0.2) is 36.8 Å². The van der Waals surface area contributed by atoms with E-state index in [1.54, 1.807) is 49.1 Å². The Balaban J connectivity index is 1.86. The highest BCUT2D eigenvalue weighted by Crippen LogP contribution is 2.25. The average Bonchev–Trinajstić information content (AvgIpc) is 3.05. The fourth-order valence-electron chi connectivity index (χ4n) is 2.62. The van der Waals surface area contributed by atoms with Crippen LogP contribution < -0.4 is 0 Å². The summed E-state index contributed by atoms with van der Waals surface area (Å²) >= 11 is 0. The number of benzene rings is 1. The lowest BCUT2D eigenvalue weighted by molar-refractivity contribution is -0.174. The summed E-state index contributed by atoms with van der Waals surface area (Å²) in [6, 6.07) is 5.53. The lowest BCUT2D eigenvalue weighted by Crippen LogP contribution is -2.38. The third-order valence-electron chi connectivity index (χ3n) is 3.81. The number of aromatic nitrogens is 2. The highest BCUT2D eigenvalue weighted by Gasteiger charge is 2.40. The molecule has 1 aliphatic heterocycles. The van der Waals surface area contributed by atoms with Gasteiger partial charge in [0.25, 0.3) is 11.8 Å². The van der Waals surface area contributed by atoms with E-state index in [1.165, 1.54) is 18.3 Å². The second kappa shape index (κ2) is 5.89. The summed E-state index contributed by atoms with van der Waals surface area (Å²) in [5, 5.41) is 0.514. The van der Waals surface area contributed by atoms with Gasteiger partial charge in [-0.15, -0.1) is 0 Å². The molecule has 1 aromatic heterocycles. The van der Waals surface area contributed by atoms with Crippen LogP contribution in [0.5, 0.6) is 0 Å². The van der Waals surface area contributed by atoms with Crippen molar-refractivity contribution >= 4 is 17.8 Å². The van der Waals surface area contributed by atoms with E-state index in [2.05, 4.69) is 4.98 Å². The molecular weight excluding hydrogens is 312 g/mol. The SMILES string of the molecule is CN(C)C(C(=O)ON1C(=O)c2ccccc2C1=O)c1cncn1C. The second-order valence-corrected chi connectivity index (χ2v) is 5.66. The predicted molar refractivity (Wildman–Crippen MR) is 82.7 cm³/mol. The number of amides is 2. The highest BCUT2D eigenvalue weighted by molar-refractivity contribution is 6.20. The van der Waals surface area contributed by atoms with Gasteiger partial charge < -0.3 is 9.40 Å². The number of aryl methyl sites for hydroxylation is 1. The molecule has 24 heavy (non-hydrogen) atoms. The van der Waals surface area contributed by atoms with Crippen molar-refractivity contribution in [2.75, 3.05) is 14.1 Å². The fraction of sp³-hybridized carbons (Fsp3) is 0.250. The van der Waals surface area contributed by atoms with Crippen LogP contribution in [-0.2, 0) is 16.7 Å². The van der Waals surface area contributed by atoms with Crippen molar-refractivity contribution in [1.82, 2.24) is 19.5 Å². The molecule has 2 amide bonds. The number of carbonyl (C=O) groups excluding carboxylic acids is 3. The molecule has 0 spiro atoms. The van der Waals surface area contributed by atoms with Gasteiger partial charge in [-0.3, -0.25) is 14.5 Å². The third kappa shape index (κ3) is 2.46. The van der Waals surface area contributed by atoms with Crippen LogP contribution in [0, 0.1) is 0 Å². The first-order chi connectivity index (χ1) is 11.4. The third-order valence-corrected chi connectivity index (χ3v) is 3.81. The number of hydrogen-bond donors (Lipinski definition) is 0. The number of rotatable bonds is 4. The minimum absolute atomic E-state index is 0.220. The molecule has 0 fully saturated rings. The number of hydrogen-bond acceptors (Lipinski definition) is 6. The van der Waals surface area contributed by atoms with Crippen LogP contribution in [0.4, 0.5) is 0 Å². The highest BCUT2D eigenvalue weighted by atomic mass is 16.7. The Kier molecular flexibility index (Phi) is 3.90. The zero-order chi connectivity index (χ0) is 17.4. The molecule has 8 nitrogen and oxygen atoms in total. The number of hydroxylamine groups is 2. The molecule has 0 radical (unpaired) electrons. The Hall–Kier alpha value is -3.00. The van der Waals surface area contributed by atoms with Gasteiger partial charge >= 0.3 is 5.97 Å². The monoisotopic (exact) mass is 328 g/mol. The van der Waals surface area contributed by atoms with Gasteiger partial charge in [0.1, 0.15) is 0 Å². The van der Waals surface area contributed by atoms with Crippen LogP contribution >= 0.6 is 0 Å². The van der Waals surface area contributed by atoms with Gasteiger partial charge in [0, 0.05) is 7.05 Å². The Bertz CT molecular complexity index is 792. The minimum atomic E-state index is -0.804. The predicted octanol–water partition coefficient (Wildman–Crippen LogP) is 0.777. The first-order valence-electron chi connectivity index (χ1n) is 7.24. The van der Waals surface area contributed by atoms with Gasteiger partial charge in [0.2, 0.25) is 0 Å². The van der Waals surface area contributed by atoms with Crippen molar-refractivity contribution in [2.45, 2.75) is 6.04 Å². The molecule has 0 aliphatic carbocycles. The first-order valence-corrected chi connectivity index (χ1v) is 7.24. The zero-order valence-electron chi connectivity index (χ0n) is 13.5. The Morgan fingerprint density at radius 3 is 2.21 bits per heavy atom. The summed E-state index contributed by atoms with van der Waals surface area (Å²) in [7, 11) is 5.14. The number of imide groups is 1. The van der Waals surface area contributed by atoms with E-state index < -0.39 is 23.8 Å². The number of imidazole rings is 1. The number of carbonyl (C=O) groups is 3. The van der Waals surface area contributed by atoms with Crippen molar-refractivity contribution in [2.24, 2.45) is 7.05 Å². The van der Waals surface area contributed by atoms with Crippen molar-refractivity contribution in [3.05, 3.63) is 53.6 Å². The molecule has 1 aromatic carbocycles. The van der Waals surface area contributed by atoms with Gasteiger partial charge in [0.05, 0.1) is 29.3 Å². The number of fused-ring (bicyclic) bond motifs is 1. The van der Waals surface area contributed by atoms with Crippen LogP contribution in [-0.4, -0.2) is 51.4 Å². The quantitative estimate of drug-likeness (QED) is 0.771. The zero-order valence-corrected chi connectivity index (χ0v) is 13.5. The molecule has 2 heterocycles. The van der Waals surface area contributed by atoms with Crippen molar-refractivity contribution in [3.8, 4) is 0 Å². The molecule has 0 bridgehead atoms. The molecular formula is C16H16N4O4. The molecule has 3 rings (SSSR count). The maximum Gasteiger partial charge on any atom is 0.356 e. The van der Waals surface area contributed by atoms with E-state index in [0.29, 0.717) is 10.8 Å². The van der Waals surface area contributed by atoms with Crippen molar-refractivity contribution in [3.63, 3.8) is 0 Å². The van der Waals surface area contributed by atoms with Crippen LogP contribution in [0.1, 0.15) is 32.5 Å². The van der Waals surface area contributed by atoms with E-state index >= 15 is 0 Å². The molecule has 0 N–H and O–H groups in total. The molecule has 2 aromatic rings. The minimum Gasteiger partial charge on any atom is -0.336 e. The largest absolute Gasteiger partial charge is 0.356 e. The lowest BCUT2D eigenvalue weighted by Gasteiger charge is -2.24.